The summed E-state index contributed by atoms with van der Waals surface area (Å²) < 4.78 is 1.54. The number of hydrogen-bond donors (Lipinski definition) is 1. The number of nitrogens with zero attached hydrogens (tertiary/aromatic N) is 2. The zero-order valence-electron chi connectivity index (χ0n) is 8.96. The molecule has 5 heteroatoms. The molecule has 1 N–H and O–H groups in total. The van der Waals surface area contributed by atoms with Crippen molar-refractivity contribution in [3.8, 4) is 11.8 Å². The van der Waals surface area contributed by atoms with Crippen LogP contribution in [0.15, 0.2) is 35.4 Å². The highest BCUT2D eigenvalue weighted by molar-refractivity contribution is 7.12. The summed E-state index contributed by atoms with van der Waals surface area (Å²) in [4.78, 5) is 17.0. The molecule has 0 amide bonds. The molecule has 0 aliphatic carbocycles. The molecule has 17 heavy (non-hydrogen) atoms. The topological polar surface area (TPSA) is 55.1 Å². The van der Waals surface area contributed by atoms with E-state index in [4.69, 9.17) is 5.11 Å². The van der Waals surface area contributed by atoms with Crippen molar-refractivity contribution in [1.29, 1.82) is 0 Å². The van der Waals surface area contributed by atoms with Crippen LogP contribution in [-0.2, 0) is 6.54 Å². The van der Waals surface area contributed by atoms with E-state index in [0.717, 1.165) is 9.75 Å². The van der Waals surface area contributed by atoms with Crippen LogP contribution in [0.25, 0.3) is 0 Å². The van der Waals surface area contributed by atoms with Crippen LogP contribution in [0.3, 0.4) is 0 Å². The van der Waals surface area contributed by atoms with Gasteiger partial charge in [-0.2, -0.15) is 0 Å². The summed E-state index contributed by atoms with van der Waals surface area (Å²) in [6.07, 6.45) is 3.18. The summed E-state index contributed by atoms with van der Waals surface area (Å²) in [7, 11) is 0. The van der Waals surface area contributed by atoms with E-state index in [2.05, 4.69) is 16.8 Å². The van der Waals surface area contributed by atoms with Crippen LogP contribution in [0.5, 0.6) is 0 Å². The van der Waals surface area contributed by atoms with E-state index >= 15 is 0 Å². The Labute approximate surface area is 102 Å². The van der Waals surface area contributed by atoms with E-state index in [1.54, 1.807) is 12.3 Å². The first-order valence-corrected chi connectivity index (χ1v) is 5.81. The van der Waals surface area contributed by atoms with Crippen molar-refractivity contribution in [2.24, 2.45) is 0 Å². The number of thiophene rings is 1. The Kier molecular flexibility index (Phi) is 3.70. The molecule has 0 unspecified atom stereocenters. The van der Waals surface area contributed by atoms with Crippen molar-refractivity contribution in [3.63, 3.8) is 0 Å². The Hall–Kier alpha value is -1.90. The maximum Gasteiger partial charge on any atom is 0.347 e. The van der Waals surface area contributed by atoms with Gasteiger partial charge in [0, 0.05) is 17.3 Å². The molecule has 4 nitrogen and oxygen atoms in total. The number of rotatable bonds is 2. The van der Waals surface area contributed by atoms with E-state index in [1.165, 1.54) is 22.1 Å². The Morgan fingerprint density at radius 3 is 3.12 bits per heavy atom. The fraction of sp³-hybridized carbons (Fsp3) is 0.167. The maximum absolute atomic E-state index is 11.4. The standard InChI is InChI=1S/C12H10N2O2S/c15-8-1-3-10-4-5-11(17-10)9-14-7-2-6-13-12(14)16/h2,4-7,15H,8-9H2. The minimum absolute atomic E-state index is 0.144. The molecule has 0 fully saturated rings. The average Bonchev–Trinajstić information content (AvgIpc) is 2.77. The molecular formula is C12H10N2O2S. The predicted molar refractivity (Wildman–Crippen MR) is 65.9 cm³/mol. The van der Waals surface area contributed by atoms with Gasteiger partial charge in [-0.3, -0.25) is 4.57 Å². The third kappa shape index (κ3) is 3.03. The average molecular weight is 246 g/mol. The molecule has 2 aromatic heterocycles. The highest BCUT2D eigenvalue weighted by Crippen LogP contribution is 2.15. The van der Waals surface area contributed by atoms with Crippen molar-refractivity contribution >= 4 is 11.3 Å². The molecule has 0 saturated heterocycles. The maximum atomic E-state index is 11.4. The van der Waals surface area contributed by atoms with Gasteiger partial charge in [0.15, 0.2) is 0 Å². The highest BCUT2D eigenvalue weighted by Gasteiger charge is 2.00. The lowest BCUT2D eigenvalue weighted by Gasteiger charge is -2.00. The van der Waals surface area contributed by atoms with Crippen molar-refractivity contribution < 1.29 is 5.11 Å². The van der Waals surface area contributed by atoms with Crippen molar-refractivity contribution in [2.45, 2.75) is 6.54 Å². The Bertz CT molecular complexity index is 619. The summed E-state index contributed by atoms with van der Waals surface area (Å²) in [5.74, 6) is 5.42. The van der Waals surface area contributed by atoms with Crippen molar-refractivity contribution in [3.05, 3.63) is 50.8 Å². The zero-order chi connectivity index (χ0) is 12.1. The van der Waals surface area contributed by atoms with E-state index in [0.29, 0.717) is 6.54 Å². The van der Waals surface area contributed by atoms with Crippen LogP contribution in [0.4, 0.5) is 0 Å². The van der Waals surface area contributed by atoms with Gasteiger partial charge in [-0.15, -0.1) is 11.3 Å². The monoisotopic (exact) mass is 246 g/mol. The van der Waals surface area contributed by atoms with E-state index < -0.39 is 0 Å². The Balaban J connectivity index is 2.17. The first kappa shape index (κ1) is 11.6. The third-order valence-electron chi connectivity index (χ3n) is 2.06. The van der Waals surface area contributed by atoms with Gasteiger partial charge in [0.1, 0.15) is 6.61 Å². The second-order valence-electron chi connectivity index (χ2n) is 3.26. The Morgan fingerprint density at radius 1 is 1.47 bits per heavy atom. The fourth-order valence-corrected chi connectivity index (χ4v) is 2.21. The van der Waals surface area contributed by atoms with Crippen LogP contribution < -0.4 is 5.69 Å². The first-order valence-electron chi connectivity index (χ1n) is 4.99. The van der Waals surface area contributed by atoms with Gasteiger partial charge in [-0.05, 0) is 18.2 Å². The van der Waals surface area contributed by atoms with Crippen molar-refractivity contribution in [2.75, 3.05) is 6.61 Å². The van der Waals surface area contributed by atoms with Crippen LogP contribution in [0, 0.1) is 11.8 Å². The Morgan fingerprint density at radius 2 is 2.35 bits per heavy atom. The SMILES string of the molecule is O=c1ncccn1Cc1ccc(C#CCO)s1. The quantitative estimate of drug-likeness (QED) is 0.793. The smallest absolute Gasteiger partial charge is 0.347 e. The van der Waals surface area contributed by atoms with E-state index in [-0.39, 0.29) is 12.3 Å². The normalized spacial score (nSPS) is 9.71. The van der Waals surface area contributed by atoms with Gasteiger partial charge in [0.2, 0.25) is 0 Å². The molecule has 0 atom stereocenters. The molecule has 0 bridgehead atoms. The van der Waals surface area contributed by atoms with Gasteiger partial charge in [0.25, 0.3) is 0 Å². The van der Waals surface area contributed by atoms with Crippen LogP contribution >= 0.6 is 11.3 Å². The first-order chi connectivity index (χ1) is 8.29. The van der Waals surface area contributed by atoms with E-state index in [1.807, 2.05) is 12.1 Å². The number of hydrogen-bond acceptors (Lipinski definition) is 4. The molecule has 0 aromatic carbocycles. The van der Waals surface area contributed by atoms with Gasteiger partial charge < -0.3 is 5.11 Å². The molecule has 0 spiro atoms. The second-order valence-corrected chi connectivity index (χ2v) is 4.42. The van der Waals surface area contributed by atoms with Gasteiger partial charge in [0.05, 0.1) is 11.4 Å². The van der Waals surface area contributed by atoms with Crippen molar-refractivity contribution in [1.82, 2.24) is 9.55 Å². The number of aromatic nitrogens is 2. The molecule has 2 aromatic rings. The largest absolute Gasteiger partial charge is 0.384 e. The lowest BCUT2D eigenvalue weighted by Crippen LogP contribution is -2.21. The fourth-order valence-electron chi connectivity index (χ4n) is 1.33. The lowest BCUT2D eigenvalue weighted by atomic mass is 10.4. The molecule has 0 saturated carbocycles. The number of aliphatic hydroxyl groups is 1. The van der Waals surface area contributed by atoms with Crippen LogP contribution in [-0.4, -0.2) is 21.3 Å². The molecule has 2 rings (SSSR count). The molecule has 2 heterocycles. The zero-order valence-corrected chi connectivity index (χ0v) is 9.78. The summed E-state index contributed by atoms with van der Waals surface area (Å²) >= 11 is 1.50. The predicted octanol–water partition coefficient (Wildman–Crippen LogP) is 0.697. The van der Waals surface area contributed by atoms with E-state index in [9.17, 15) is 4.79 Å². The summed E-state index contributed by atoms with van der Waals surface area (Å²) in [6.45, 7) is 0.355. The molecule has 0 aliphatic heterocycles. The summed E-state index contributed by atoms with van der Waals surface area (Å²) in [5, 5.41) is 8.58. The van der Waals surface area contributed by atoms with Gasteiger partial charge in [-0.25, -0.2) is 9.78 Å². The minimum atomic E-state index is -0.260. The van der Waals surface area contributed by atoms with Gasteiger partial charge in [-0.1, -0.05) is 11.8 Å². The van der Waals surface area contributed by atoms with Crippen LogP contribution in [0.1, 0.15) is 9.75 Å². The summed E-state index contributed by atoms with van der Waals surface area (Å²) in [5.41, 5.74) is -0.260. The summed E-state index contributed by atoms with van der Waals surface area (Å²) in [6, 6.07) is 5.52. The highest BCUT2D eigenvalue weighted by atomic mass is 32.1. The second kappa shape index (κ2) is 5.43. The third-order valence-corrected chi connectivity index (χ3v) is 3.05. The molecule has 86 valence electrons. The lowest BCUT2D eigenvalue weighted by molar-refractivity contribution is 0.350. The molecule has 0 radical (unpaired) electrons. The van der Waals surface area contributed by atoms with Gasteiger partial charge >= 0.3 is 5.69 Å². The molecular weight excluding hydrogens is 236 g/mol. The molecule has 0 aliphatic rings. The van der Waals surface area contributed by atoms with Crippen LogP contribution in [0.2, 0.25) is 0 Å². The minimum Gasteiger partial charge on any atom is -0.384 e. The number of aliphatic hydroxyl groups excluding tert-OH is 1.